The molecule has 9 nitrogen and oxygen atoms in total. The van der Waals surface area contributed by atoms with Gasteiger partial charge in [-0.1, -0.05) is 18.2 Å². The number of nitrogens with two attached hydrogens (primary N) is 1. The van der Waals surface area contributed by atoms with Gasteiger partial charge in [0.1, 0.15) is 0 Å². The van der Waals surface area contributed by atoms with Gasteiger partial charge in [0, 0.05) is 31.2 Å². The Hall–Kier alpha value is -2.73. The predicted molar refractivity (Wildman–Crippen MR) is 137 cm³/mol. The van der Waals surface area contributed by atoms with Crippen LogP contribution in [0.25, 0.3) is 22.0 Å². The molecule has 0 saturated carbocycles. The lowest BCUT2D eigenvalue weighted by Gasteiger charge is -2.31. The zero-order valence-electron chi connectivity index (χ0n) is 19.7. The number of hydrogen-bond donors (Lipinski definition) is 3. The fourth-order valence-electron chi connectivity index (χ4n) is 4.65. The lowest BCUT2D eigenvalue weighted by Crippen LogP contribution is -2.38. The number of benzene rings is 2. The van der Waals surface area contributed by atoms with Gasteiger partial charge in [0.15, 0.2) is 0 Å². The first-order chi connectivity index (χ1) is 16.5. The highest BCUT2D eigenvalue weighted by Gasteiger charge is 2.29. The molecule has 2 heterocycles. The average Bonchev–Trinajstić information content (AvgIpc) is 3.26. The minimum atomic E-state index is -3.33. The first-order valence-corrected chi connectivity index (χ1v) is 14.9. The molecule has 2 aromatic carbocycles. The molecule has 0 unspecified atom stereocenters. The van der Waals surface area contributed by atoms with Crippen LogP contribution in [0.2, 0.25) is 0 Å². The van der Waals surface area contributed by atoms with Crippen molar-refractivity contribution in [2.75, 3.05) is 25.1 Å². The summed E-state index contributed by atoms with van der Waals surface area (Å²) >= 11 is 0. The van der Waals surface area contributed by atoms with Crippen LogP contribution in [0, 0.1) is 0 Å². The molecule has 3 aromatic rings. The first-order valence-electron chi connectivity index (χ1n) is 11.4. The zero-order valence-corrected chi connectivity index (χ0v) is 21.4. The van der Waals surface area contributed by atoms with E-state index in [9.17, 15) is 21.6 Å². The molecule has 11 heteroatoms. The summed E-state index contributed by atoms with van der Waals surface area (Å²) < 4.78 is 51.5. The molecule has 1 amide bonds. The largest absolute Gasteiger partial charge is 0.366 e. The maximum atomic E-state index is 12.3. The summed E-state index contributed by atoms with van der Waals surface area (Å²) in [5.41, 5.74) is 10.2. The molecule has 188 valence electrons. The number of nitrogens with one attached hydrogen (secondary N) is 2. The summed E-state index contributed by atoms with van der Waals surface area (Å²) in [4.78, 5) is 15.5. The highest BCUT2D eigenvalue weighted by Crippen LogP contribution is 2.37. The highest BCUT2D eigenvalue weighted by atomic mass is 32.2. The quantitative estimate of drug-likeness (QED) is 0.420. The van der Waals surface area contributed by atoms with Gasteiger partial charge < -0.3 is 10.7 Å². The molecule has 1 aromatic heterocycles. The van der Waals surface area contributed by atoms with E-state index in [4.69, 9.17) is 5.73 Å². The van der Waals surface area contributed by atoms with E-state index in [-0.39, 0.29) is 18.2 Å². The Balaban J connectivity index is 1.70. The zero-order chi connectivity index (χ0) is 25.4. The molecule has 4 N–H and O–H groups in total. The van der Waals surface area contributed by atoms with Gasteiger partial charge >= 0.3 is 0 Å². The minimum absolute atomic E-state index is 0.0921. The number of carbonyl (C=O) groups excluding carboxylic acids is 1. The van der Waals surface area contributed by atoms with E-state index in [1.54, 1.807) is 17.3 Å². The van der Waals surface area contributed by atoms with Gasteiger partial charge in [-0.05, 0) is 66.1 Å². The number of H-pyrrole nitrogens is 1. The number of sulfonamides is 2. The van der Waals surface area contributed by atoms with Crippen LogP contribution in [0.3, 0.4) is 0 Å². The molecule has 4 rings (SSSR count). The molecule has 1 aliphatic rings. The van der Waals surface area contributed by atoms with E-state index in [0.29, 0.717) is 37.0 Å². The predicted octanol–water partition coefficient (Wildman–Crippen LogP) is 2.51. The molecule has 1 saturated heterocycles. The third-order valence-corrected chi connectivity index (χ3v) is 9.09. The van der Waals surface area contributed by atoms with Crippen molar-refractivity contribution < 1.29 is 21.6 Å². The number of piperidine rings is 1. The summed E-state index contributed by atoms with van der Waals surface area (Å²) in [7, 11) is -6.54. The lowest BCUT2D eigenvalue weighted by molar-refractivity contribution is 0.100. The Kier molecular flexibility index (Phi) is 7.05. The summed E-state index contributed by atoms with van der Waals surface area (Å²) in [6, 6.07) is 11.2. The Bertz CT molecular complexity index is 1470. The van der Waals surface area contributed by atoms with Crippen molar-refractivity contribution in [3.63, 3.8) is 0 Å². The second-order valence-corrected chi connectivity index (χ2v) is 13.0. The number of hydrogen-bond acceptors (Lipinski definition) is 5. The van der Waals surface area contributed by atoms with Crippen LogP contribution in [0.1, 0.15) is 47.2 Å². The monoisotopic (exact) mass is 518 g/mol. The van der Waals surface area contributed by atoms with E-state index < -0.39 is 26.0 Å². The summed E-state index contributed by atoms with van der Waals surface area (Å²) in [6.45, 7) is 2.74. The van der Waals surface area contributed by atoms with Crippen LogP contribution in [-0.2, 0) is 26.6 Å². The molecule has 35 heavy (non-hydrogen) atoms. The van der Waals surface area contributed by atoms with Gasteiger partial charge in [-0.25, -0.2) is 25.9 Å². The van der Waals surface area contributed by atoms with Crippen LogP contribution in [0.4, 0.5) is 0 Å². The van der Waals surface area contributed by atoms with Gasteiger partial charge in [0.05, 0.1) is 23.1 Å². The van der Waals surface area contributed by atoms with Crippen molar-refractivity contribution in [1.29, 1.82) is 0 Å². The normalized spacial score (nSPS) is 16.1. The average molecular weight is 519 g/mol. The molecule has 0 radical (unpaired) electrons. The number of nitrogens with zero attached hydrogens (tertiary/aromatic N) is 1. The second-order valence-electron chi connectivity index (χ2n) is 8.92. The number of aromatic amines is 1. The first kappa shape index (κ1) is 25.4. The molecular weight excluding hydrogens is 488 g/mol. The fraction of sp³-hybridized carbons (Fsp3) is 0.375. The summed E-state index contributed by atoms with van der Waals surface area (Å²) in [6.07, 6.45) is 4.38. The smallest absolute Gasteiger partial charge is 0.250 e. The molecule has 0 spiro atoms. The third-order valence-electron chi connectivity index (χ3n) is 6.54. The van der Waals surface area contributed by atoms with E-state index >= 15 is 0 Å². The number of primary amides is 1. The van der Waals surface area contributed by atoms with Crippen molar-refractivity contribution in [2.24, 2.45) is 5.73 Å². The Morgan fingerprint density at radius 2 is 1.83 bits per heavy atom. The van der Waals surface area contributed by atoms with Crippen LogP contribution in [-0.4, -0.2) is 57.1 Å². The van der Waals surface area contributed by atoms with Gasteiger partial charge in [-0.3, -0.25) is 4.79 Å². The summed E-state index contributed by atoms with van der Waals surface area (Å²) in [5, 5.41) is 0.882. The van der Waals surface area contributed by atoms with Crippen LogP contribution in [0.15, 0.2) is 42.6 Å². The highest BCUT2D eigenvalue weighted by molar-refractivity contribution is 7.89. The van der Waals surface area contributed by atoms with Crippen molar-refractivity contribution in [3.8, 4) is 11.1 Å². The Labute approximate surface area is 205 Å². The maximum Gasteiger partial charge on any atom is 0.250 e. The van der Waals surface area contributed by atoms with Crippen LogP contribution < -0.4 is 10.5 Å². The van der Waals surface area contributed by atoms with Gasteiger partial charge in [-0.15, -0.1) is 0 Å². The topological polar surface area (TPSA) is 142 Å². The van der Waals surface area contributed by atoms with E-state index in [1.807, 2.05) is 36.5 Å². The number of carbonyl (C=O) groups is 1. The number of amides is 1. The fourth-order valence-corrected chi connectivity index (χ4v) is 6.22. The van der Waals surface area contributed by atoms with E-state index in [1.165, 1.54) is 0 Å². The molecule has 1 fully saturated rings. The summed E-state index contributed by atoms with van der Waals surface area (Å²) in [5.74, 6) is -0.313. The minimum Gasteiger partial charge on any atom is -0.366 e. The molecular formula is C24H30N4O5S2. The number of aromatic nitrogens is 1. The van der Waals surface area contributed by atoms with Gasteiger partial charge in [0.25, 0.3) is 5.91 Å². The van der Waals surface area contributed by atoms with Crippen LogP contribution >= 0.6 is 0 Å². The van der Waals surface area contributed by atoms with Gasteiger partial charge in [-0.2, -0.15) is 0 Å². The SMILES string of the molecule is CCS(=O)(=O)N1CCC(c2c[nH]c3c(C(N)=O)cc(-c4cccc(CNS(C)(=O)=O)c4)cc23)CC1. The number of fused-ring (bicyclic) bond motifs is 1. The number of rotatable bonds is 8. The van der Waals surface area contributed by atoms with E-state index in [0.717, 1.165) is 33.9 Å². The molecule has 1 aliphatic heterocycles. The maximum absolute atomic E-state index is 12.3. The van der Waals surface area contributed by atoms with Crippen molar-refractivity contribution in [1.82, 2.24) is 14.0 Å². The molecule has 0 aliphatic carbocycles. The molecule has 0 atom stereocenters. The van der Waals surface area contributed by atoms with Crippen molar-refractivity contribution in [3.05, 3.63) is 59.3 Å². The van der Waals surface area contributed by atoms with Gasteiger partial charge in [0.2, 0.25) is 20.0 Å². The van der Waals surface area contributed by atoms with Crippen LogP contribution in [0.5, 0.6) is 0 Å². The standard InChI is InChI=1S/C24H30N4O5S2/c1-3-35(32,33)28-9-7-17(8-10-28)22-15-26-23-20(22)12-19(13-21(23)24(25)29)18-6-4-5-16(11-18)14-27-34(2,30)31/h4-6,11-13,15,17,26-27H,3,7-10,14H2,1-2H3,(H2,25,29). The molecule has 0 bridgehead atoms. The second kappa shape index (κ2) is 9.73. The van der Waals surface area contributed by atoms with Crippen molar-refractivity contribution in [2.45, 2.75) is 32.2 Å². The Morgan fingerprint density at radius 1 is 1.11 bits per heavy atom. The Morgan fingerprint density at radius 3 is 2.46 bits per heavy atom. The van der Waals surface area contributed by atoms with Crippen molar-refractivity contribution >= 4 is 36.9 Å². The third kappa shape index (κ3) is 5.58. The van der Waals surface area contributed by atoms with E-state index in [2.05, 4.69) is 9.71 Å². The lowest BCUT2D eigenvalue weighted by atomic mass is 9.88.